The number of hydrogen-bond donors (Lipinski definition) is 1. The SMILES string of the molecule is C[C@@H](O)c1cccc(OCCOc2ccccc2C#N)c1. The van der Waals surface area contributed by atoms with E-state index in [4.69, 9.17) is 14.7 Å². The molecule has 1 atom stereocenters. The number of aliphatic hydroxyl groups is 1. The highest BCUT2D eigenvalue weighted by atomic mass is 16.5. The van der Waals surface area contributed by atoms with Crippen LogP contribution in [0.4, 0.5) is 0 Å². The van der Waals surface area contributed by atoms with E-state index in [0.717, 1.165) is 5.56 Å². The Morgan fingerprint density at radius 1 is 1.10 bits per heavy atom. The van der Waals surface area contributed by atoms with Crippen LogP contribution in [0.15, 0.2) is 48.5 Å². The van der Waals surface area contributed by atoms with Crippen LogP contribution >= 0.6 is 0 Å². The van der Waals surface area contributed by atoms with Gasteiger partial charge in [0, 0.05) is 0 Å². The minimum Gasteiger partial charge on any atom is -0.490 e. The van der Waals surface area contributed by atoms with Crippen molar-refractivity contribution in [3.8, 4) is 17.6 Å². The normalized spacial score (nSPS) is 11.5. The third kappa shape index (κ3) is 4.23. The number of ether oxygens (including phenoxy) is 2. The van der Waals surface area contributed by atoms with Gasteiger partial charge in [-0.15, -0.1) is 0 Å². The molecule has 0 aliphatic rings. The van der Waals surface area contributed by atoms with E-state index in [9.17, 15) is 5.11 Å². The number of para-hydroxylation sites is 1. The largest absolute Gasteiger partial charge is 0.490 e. The monoisotopic (exact) mass is 283 g/mol. The molecule has 0 aliphatic heterocycles. The van der Waals surface area contributed by atoms with Crippen molar-refractivity contribution in [1.29, 1.82) is 5.26 Å². The van der Waals surface area contributed by atoms with Crippen molar-refractivity contribution in [3.63, 3.8) is 0 Å². The van der Waals surface area contributed by atoms with Crippen LogP contribution in [-0.4, -0.2) is 18.3 Å². The molecule has 2 rings (SSSR count). The Kier molecular flexibility index (Phi) is 5.19. The van der Waals surface area contributed by atoms with Gasteiger partial charge >= 0.3 is 0 Å². The first-order chi connectivity index (χ1) is 10.2. The molecule has 0 saturated heterocycles. The van der Waals surface area contributed by atoms with Crippen molar-refractivity contribution in [3.05, 3.63) is 59.7 Å². The van der Waals surface area contributed by atoms with Crippen LogP contribution in [0.5, 0.6) is 11.5 Å². The van der Waals surface area contributed by atoms with Gasteiger partial charge in [0.05, 0.1) is 11.7 Å². The van der Waals surface area contributed by atoms with E-state index in [0.29, 0.717) is 30.3 Å². The molecule has 21 heavy (non-hydrogen) atoms. The molecule has 2 aromatic carbocycles. The summed E-state index contributed by atoms with van der Waals surface area (Å²) in [7, 11) is 0. The van der Waals surface area contributed by atoms with E-state index in [1.54, 1.807) is 31.2 Å². The van der Waals surface area contributed by atoms with E-state index < -0.39 is 6.10 Å². The van der Waals surface area contributed by atoms with Crippen LogP contribution in [0.3, 0.4) is 0 Å². The van der Waals surface area contributed by atoms with Gasteiger partial charge in [0.25, 0.3) is 0 Å². The Morgan fingerprint density at radius 2 is 1.86 bits per heavy atom. The smallest absolute Gasteiger partial charge is 0.137 e. The van der Waals surface area contributed by atoms with Gasteiger partial charge in [-0.25, -0.2) is 0 Å². The summed E-state index contributed by atoms with van der Waals surface area (Å²) in [6.45, 7) is 2.42. The van der Waals surface area contributed by atoms with Gasteiger partial charge in [0.1, 0.15) is 30.8 Å². The van der Waals surface area contributed by atoms with Crippen molar-refractivity contribution >= 4 is 0 Å². The highest BCUT2D eigenvalue weighted by Crippen LogP contribution is 2.19. The van der Waals surface area contributed by atoms with E-state index in [-0.39, 0.29) is 0 Å². The molecule has 0 amide bonds. The van der Waals surface area contributed by atoms with Crippen molar-refractivity contribution in [1.82, 2.24) is 0 Å². The molecule has 0 unspecified atom stereocenters. The zero-order valence-corrected chi connectivity index (χ0v) is 11.8. The van der Waals surface area contributed by atoms with Crippen molar-refractivity contribution in [2.75, 3.05) is 13.2 Å². The van der Waals surface area contributed by atoms with Gasteiger partial charge in [-0.1, -0.05) is 24.3 Å². The fourth-order valence-electron chi connectivity index (χ4n) is 1.86. The lowest BCUT2D eigenvalue weighted by molar-refractivity contribution is 0.196. The van der Waals surface area contributed by atoms with Crippen LogP contribution in [0.2, 0.25) is 0 Å². The molecule has 0 aromatic heterocycles. The molecule has 0 saturated carbocycles. The predicted octanol–water partition coefficient (Wildman–Crippen LogP) is 3.07. The van der Waals surface area contributed by atoms with Crippen molar-refractivity contribution in [2.45, 2.75) is 13.0 Å². The summed E-state index contributed by atoms with van der Waals surface area (Å²) in [4.78, 5) is 0. The zero-order valence-electron chi connectivity index (χ0n) is 11.8. The van der Waals surface area contributed by atoms with Crippen LogP contribution in [0.25, 0.3) is 0 Å². The summed E-state index contributed by atoms with van der Waals surface area (Å²) < 4.78 is 11.1. The van der Waals surface area contributed by atoms with Gasteiger partial charge in [-0.3, -0.25) is 0 Å². The molecule has 4 heteroatoms. The number of nitrogens with zero attached hydrogens (tertiary/aromatic N) is 1. The van der Waals surface area contributed by atoms with E-state index in [1.165, 1.54) is 0 Å². The molecular weight excluding hydrogens is 266 g/mol. The fourth-order valence-corrected chi connectivity index (χ4v) is 1.86. The Balaban J connectivity index is 1.85. The summed E-state index contributed by atoms with van der Waals surface area (Å²) in [5.74, 6) is 1.24. The first kappa shape index (κ1) is 14.9. The first-order valence-electron chi connectivity index (χ1n) is 6.73. The highest BCUT2D eigenvalue weighted by Gasteiger charge is 2.03. The topological polar surface area (TPSA) is 62.5 Å². The summed E-state index contributed by atoms with van der Waals surface area (Å²) in [5.41, 5.74) is 1.32. The van der Waals surface area contributed by atoms with E-state index in [2.05, 4.69) is 6.07 Å². The number of rotatable bonds is 6. The molecule has 2 aromatic rings. The molecule has 0 aliphatic carbocycles. The zero-order chi connectivity index (χ0) is 15.1. The van der Waals surface area contributed by atoms with Gasteiger partial charge in [0.15, 0.2) is 0 Å². The van der Waals surface area contributed by atoms with Gasteiger partial charge < -0.3 is 14.6 Å². The van der Waals surface area contributed by atoms with Crippen LogP contribution in [-0.2, 0) is 0 Å². The predicted molar refractivity (Wildman–Crippen MR) is 79.2 cm³/mol. The number of benzene rings is 2. The number of aliphatic hydroxyl groups excluding tert-OH is 1. The second kappa shape index (κ2) is 7.32. The van der Waals surface area contributed by atoms with Crippen LogP contribution < -0.4 is 9.47 Å². The summed E-state index contributed by atoms with van der Waals surface area (Å²) >= 11 is 0. The van der Waals surface area contributed by atoms with E-state index >= 15 is 0 Å². The van der Waals surface area contributed by atoms with Crippen LogP contribution in [0, 0.1) is 11.3 Å². The molecule has 0 radical (unpaired) electrons. The minimum atomic E-state index is -0.521. The third-order valence-corrected chi connectivity index (χ3v) is 2.96. The molecule has 0 heterocycles. The Hall–Kier alpha value is -2.51. The van der Waals surface area contributed by atoms with E-state index in [1.807, 2.05) is 24.3 Å². The third-order valence-electron chi connectivity index (χ3n) is 2.96. The Bertz CT molecular complexity index is 632. The molecule has 0 spiro atoms. The second-order valence-electron chi connectivity index (χ2n) is 4.55. The van der Waals surface area contributed by atoms with Gasteiger partial charge in [0.2, 0.25) is 0 Å². The molecule has 4 nitrogen and oxygen atoms in total. The molecule has 108 valence electrons. The molecule has 0 bridgehead atoms. The maximum absolute atomic E-state index is 9.52. The standard InChI is InChI=1S/C17H17NO3/c1-13(19)14-6-4-7-16(11-14)20-9-10-21-17-8-3-2-5-15(17)12-18/h2-8,11,13,19H,9-10H2,1H3/t13-/m1/s1. The summed E-state index contributed by atoms with van der Waals surface area (Å²) in [5, 5.41) is 18.5. The minimum absolute atomic E-state index is 0.345. The summed E-state index contributed by atoms with van der Waals surface area (Å²) in [6.07, 6.45) is -0.521. The van der Waals surface area contributed by atoms with Gasteiger partial charge in [-0.2, -0.15) is 5.26 Å². The molecular formula is C17H17NO3. The number of hydrogen-bond acceptors (Lipinski definition) is 4. The quantitative estimate of drug-likeness (QED) is 0.828. The number of nitriles is 1. The molecule has 1 N–H and O–H groups in total. The first-order valence-corrected chi connectivity index (χ1v) is 6.73. The molecule has 0 fully saturated rings. The van der Waals surface area contributed by atoms with Gasteiger partial charge in [-0.05, 0) is 36.8 Å². The Morgan fingerprint density at radius 3 is 2.62 bits per heavy atom. The fraction of sp³-hybridized carbons (Fsp3) is 0.235. The van der Waals surface area contributed by atoms with Crippen LogP contribution in [0.1, 0.15) is 24.2 Å². The lowest BCUT2D eigenvalue weighted by atomic mass is 10.1. The summed E-state index contributed by atoms with van der Waals surface area (Å²) in [6, 6.07) is 16.5. The maximum atomic E-state index is 9.52. The average Bonchev–Trinajstić information content (AvgIpc) is 2.52. The lowest BCUT2D eigenvalue weighted by Crippen LogP contribution is -2.09. The maximum Gasteiger partial charge on any atom is 0.137 e. The second-order valence-corrected chi connectivity index (χ2v) is 4.55. The average molecular weight is 283 g/mol. The van der Waals surface area contributed by atoms with Crippen molar-refractivity contribution < 1.29 is 14.6 Å². The van der Waals surface area contributed by atoms with Crippen molar-refractivity contribution in [2.24, 2.45) is 0 Å². The lowest BCUT2D eigenvalue weighted by Gasteiger charge is -2.11. The highest BCUT2D eigenvalue weighted by molar-refractivity contribution is 5.42. The Labute approximate surface area is 124 Å².